The molecule has 0 heterocycles. The Balaban J connectivity index is 1.96. The van der Waals surface area contributed by atoms with Crippen LogP contribution in [-0.4, -0.2) is 6.04 Å². The highest BCUT2D eigenvalue weighted by Crippen LogP contribution is 2.64. The minimum Gasteiger partial charge on any atom is -0.327 e. The Kier molecular flexibility index (Phi) is 0.628. The second-order valence-electron chi connectivity index (χ2n) is 4.07. The molecule has 3 aliphatic rings. The molecule has 0 radical (unpaired) electrons. The second kappa shape index (κ2) is 1.20. The number of fused-ring (bicyclic) bond motifs is 5. The smallest absolute Gasteiger partial charge is 0.0108 e. The van der Waals surface area contributed by atoms with E-state index in [1.807, 2.05) is 0 Å². The van der Waals surface area contributed by atoms with E-state index < -0.39 is 0 Å². The summed E-state index contributed by atoms with van der Waals surface area (Å²) in [7, 11) is 0. The summed E-state index contributed by atoms with van der Waals surface area (Å²) in [5, 5.41) is 0. The fraction of sp³-hybridized carbons (Fsp3) is 1.00. The van der Waals surface area contributed by atoms with Crippen molar-refractivity contribution in [2.24, 2.45) is 29.4 Å². The van der Waals surface area contributed by atoms with Gasteiger partial charge in [0, 0.05) is 6.04 Å². The highest BCUT2D eigenvalue weighted by Gasteiger charge is 2.63. The molecule has 0 spiro atoms. The van der Waals surface area contributed by atoms with Crippen molar-refractivity contribution in [3.8, 4) is 0 Å². The fourth-order valence-corrected chi connectivity index (χ4v) is 3.39. The average Bonchev–Trinajstić information content (AvgIpc) is 2.29. The van der Waals surface area contributed by atoms with E-state index in [9.17, 15) is 0 Å². The van der Waals surface area contributed by atoms with Crippen LogP contribution < -0.4 is 5.73 Å². The van der Waals surface area contributed by atoms with E-state index in [0.29, 0.717) is 6.04 Å². The van der Waals surface area contributed by atoms with Gasteiger partial charge in [0.2, 0.25) is 0 Å². The zero-order valence-electron chi connectivity index (χ0n) is 5.59. The molecule has 3 saturated carbocycles. The first-order valence-electron chi connectivity index (χ1n) is 4.13. The lowest BCUT2D eigenvalue weighted by atomic mass is 10.0. The summed E-state index contributed by atoms with van der Waals surface area (Å²) < 4.78 is 0. The molecule has 4 atom stereocenters. The Hall–Kier alpha value is -0.0400. The molecular formula is C8H13N. The zero-order valence-corrected chi connectivity index (χ0v) is 5.59. The molecule has 0 amide bonds. The molecule has 0 saturated heterocycles. The van der Waals surface area contributed by atoms with Crippen LogP contribution in [0.3, 0.4) is 0 Å². The third-order valence-electron chi connectivity index (χ3n) is 3.79. The van der Waals surface area contributed by atoms with Crippen LogP contribution in [0, 0.1) is 23.7 Å². The first-order valence-corrected chi connectivity index (χ1v) is 4.13. The summed E-state index contributed by atoms with van der Waals surface area (Å²) in [6.07, 6.45) is 4.53. The number of nitrogens with two attached hydrogens (primary N) is 1. The third kappa shape index (κ3) is 0.389. The number of hydrogen-bond acceptors (Lipinski definition) is 1. The summed E-state index contributed by atoms with van der Waals surface area (Å²) in [6.45, 7) is 0. The molecule has 1 nitrogen and oxygen atoms in total. The molecular weight excluding hydrogens is 110 g/mol. The Labute approximate surface area is 55.6 Å². The van der Waals surface area contributed by atoms with Gasteiger partial charge in [-0.1, -0.05) is 0 Å². The number of rotatable bonds is 0. The van der Waals surface area contributed by atoms with Crippen LogP contribution in [0.5, 0.6) is 0 Å². The van der Waals surface area contributed by atoms with E-state index in [2.05, 4.69) is 0 Å². The van der Waals surface area contributed by atoms with Gasteiger partial charge in [-0.2, -0.15) is 0 Å². The van der Waals surface area contributed by atoms with Crippen LogP contribution >= 0.6 is 0 Å². The molecule has 1 heteroatoms. The molecule has 0 unspecified atom stereocenters. The molecule has 50 valence electrons. The van der Waals surface area contributed by atoms with E-state index in [4.69, 9.17) is 5.73 Å². The molecule has 2 bridgehead atoms. The van der Waals surface area contributed by atoms with Gasteiger partial charge < -0.3 is 5.73 Å². The summed E-state index contributed by atoms with van der Waals surface area (Å²) in [6, 6.07) is 0.635. The zero-order chi connectivity index (χ0) is 6.01. The predicted octanol–water partition coefficient (Wildman–Crippen LogP) is 0.990. The summed E-state index contributed by atoms with van der Waals surface area (Å²) in [5.74, 6) is 4.11. The van der Waals surface area contributed by atoms with Crippen molar-refractivity contribution >= 4 is 0 Å². The van der Waals surface area contributed by atoms with Crippen molar-refractivity contribution in [1.29, 1.82) is 0 Å². The van der Waals surface area contributed by atoms with Gasteiger partial charge in [-0.05, 0) is 42.9 Å². The quantitative estimate of drug-likeness (QED) is 0.510. The van der Waals surface area contributed by atoms with Crippen LogP contribution in [-0.2, 0) is 0 Å². The standard InChI is InChI=1S/C8H13N/c9-8-6-4-1-2-5(3-4)7(6)8/h4-8H,1-3,9H2/t4-,5-,6+,7+/m0/s1. The van der Waals surface area contributed by atoms with Gasteiger partial charge in [0.15, 0.2) is 0 Å². The summed E-state index contributed by atoms with van der Waals surface area (Å²) in [5.41, 5.74) is 5.89. The van der Waals surface area contributed by atoms with Crippen LogP contribution in [0.15, 0.2) is 0 Å². The molecule has 0 aromatic rings. The third-order valence-corrected chi connectivity index (χ3v) is 3.79. The van der Waals surface area contributed by atoms with E-state index in [-0.39, 0.29) is 0 Å². The first kappa shape index (κ1) is 4.73. The van der Waals surface area contributed by atoms with E-state index >= 15 is 0 Å². The lowest BCUT2D eigenvalue weighted by molar-refractivity contribution is 0.456. The van der Waals surface area contributed by atoms with E-state index in [0.717, 1.165) is 23.7 Å². The Bertz CT molecular complexity index is 135. The van der Waals surface area contributed by atoms with Crippen molar-refractivity contribution in [2.45, 2.75) is 25.3 Å². The van der Waals surface area contributed by atoms with E-state index in [1.54, 1.807) is 0 Å². The maximum Gasteiger partial charge on any atom is 0.0108 e. The molecule has 0 aromatic heterocycles. The molecule has 9 heavy (non-hydrogen) atoms. The minimum absolute atomic E-state index is 0.635. The molecule has 2 N–H and O–H groups in total. The molecule has 3 rings (SSSR count). The first-order chi connectivity index (χ1) is 4.38. The topological polar surface area (TPSA) is 26.0 Å². The van der Waals surface area contributed by atoms with Crippen molar-refractivity contribution in [3.05, 3.63) is 0 Å². The Morgan fingerprint density at radius 3 is 2.00 bits per heavy atom. The minimum atomic E-state index is 0.635. The van der Waals surface area contributed by atoms with Gasteiger partial charge in [-0.25, -0.2) is 0 Å². The van der Waals surface area contributed by atoms with Crippen LogP contribution in [0.1, 0.15) is 19.3 Å². The van der Waals surface area contributed by atoms with Gasteiger partial charge in [-0.3, -0.25) is 0 Å². The van der Waals surface area contributed by atoms with Crippen molar-refractivity contribution in [3.63, 3.8) is 0 Å². The highest BCUT2D eigenvalue weighted by atomic mass is 14.9. The second-order valence-corrected chi connectivity index (χ2v) is 4.07. The van der Waals surface area contributed by atoms with Gasteiger partial charge in [-0.15, -0.1) is 0 Å². The van der Waals surface area contributed by atoms with Gasteiger partial charge in [0.05, 0.1) is 0 Å². The van der Waals surface area contributed by atoms with Crippen LogP contribution in [0.4, 0.5) is 0 Å². The Morgan fingerprint density at radius 2 is 1.56 bits per heavy atom. The van der Waals surface area contributed by atoms with Gasteiger partial charge in [0.1, 0.15) is 0 Å². The average molecular weight is 123 g/mol. The lowest BCUT2D eigenvalue weighted by Crippen LogP contribution is -2.11. The summed E-state index contributed by atoms with van der Waals surface area (Å²) >= 11 is 0. The molecule has 0 aliphatic heterocycles. The number of hydrogen-bond donors (Lipinski definition) is 1. The largest absolute Gasteiger partial charge is 0.327 e. The van der Waals surface area contributed by atoms with Gasteiger partial charge >= 0.3 is 0 Å². The van der Waals surface area contributed by atoms with Crippen molar-refractivity contribution < 1.29 is 0 Å². The van der Waals surface area contributed by atoms with Crippen molar-refractivity contribution in [1.82, 2.24) is 0 Å². The van der Waals surface area contributed by atoms with Crippen LogP contribution in [0.2, 0.25) is 0 Å². The molecule has 3 fully saturated rings. The normalized spacial score (nSPS) is 68.3. The monoisotopic (exact) mass is 123 g/mol. The fourth-order valence-electron chi connectivity index (χ4n) is 3.39. The van der Waals surface area contributed by atoms with E-state index in [1.165, 1.54) is 19.3 Å². The predicted molar refractivity (Wildman–Crippen MR) is 35.8 cm³/mol. The lowest BCUT2D eigenvalue weighted by Gasteiger charge is -2.03. The maximum atomic E-state index is 5.89. The Morgan fingerprint density at radius 1 is 1.00 bits per heavy atom. The van der Waals surface area contributed by atoms with Crippen molar-refractivity contribution in [2.75, 3.05) is 0 Å². The summed E-state index contributed by atoms with van der Waals surface area (Å²) in [4.78, 5) is 0. The maximum absolute atomic E-state index is 5.89. The molecule has 0 aromatic carbocycles. The van der Waals surface area contributed by atoms with Gasteiger partial charge in [0.25, 0.3) is 0 Å². The molecule has 3 aliphatic carbocycles. The van der Waals surface area contributed by atoms with Crippen LogP contribution in [0.25, 0.3) is 0 Å². The SMILES string of the molecule is NC1[C@@H]2[C@H]3CC[C@@H](C3)[C@@H]12. The highest BCUT2D eigenvalue weighted by molar-refractivity contribution is 5.15.